The second-order valence-electron chi connectivity index (χ2n) is 6.64. The molecule has 1 aliphatic carbocycles. The SMILES string of the molecule is CC1CC(C(=O)NC(CC(F)F)C(=O)O)CC(C)(C)C1. The molecule has 1 saturated carbocycles. The standard InChI is InChI=1S/C14H23F2NO3/c1-8-4-9(7-14(2,3)6-8)12(18)17-10(13(19)20)5-11(15)16/h8-11H,4-7H2,1-3H3,(H,17,18)(H,19,20). The lowest BCUT2D eigenvalue weighted by atomic mass is 9.68. The summed E-state index contributed by atoms with van der Waals surface area (Å²) < 4.78 is 24.6. The normalized spacial score (nSPS) is 27.1. The van der Waals surface area contributed by atoms with Gasteiger partial charge in [0.15, 0.2) is 0 Å². The molecule has 20 heavy (non-hydrogen) atoms. The summed E-state index contributed by atoms with van der Waals surface area (Å²) in [5, 5.41) is 11.1. The number of carboxylic acid groups (broad SMARTS) is 1. The number of amides is 1. The number of aliphatic carboxylic acids is 1. The van der Waals surface area contributed by atoms with Crippen LogP contribution in [0.2, 0.25) is 0 Å². The minimum absolute atomic E-state index is 0.0150. The highest BCUT2D eigenvalue weighted by atomic mass is 19.3. The van der Waals surface area contributed by atoms with Crippen LogP contribution in [0.4, 0.5) is 8.78 Å². The van der Waals surface area contributed by atoms with E-state index in [1.54, 1.807) is 0 Å². The highest BCUT2D eigenvalue weighted by Gasteiger charge is 2.37. The number of rotatable bonds is 5. The van der Waals surface area contributed by atoms with E-state index in [1.165, 1.54) is 0 Å². The molecule has 4 nitrogen and oxygen atoms in total. The summed E-state index contributed by atoms with van der Waals surface area (Å²) in [7, 11) is 0. The van der Waals surface area contributed by atoms with Crippen molar-refractivity contribution in [3.63, 3.8) is 0 Å². The van der Waals surface area contributed by atoms with E-state index >= 15 is 0 Å². The Kier molecular flexibility index (Phi) is 5.48. The summed E-state index contributed by atoms with van der Waals surface area (Å²) in [5.41, 5.74) is 0.0150. The second-order valence-corrected chi connectivity index (χ2v) is 6.64. The van der Waals surface area contributed by atoms with Crippen molar-refractivity contribution >= 4 is 11.9 Å². The molecule has 0 saturated heterocycles. The van der Waals surface area contributed by atoms with Crippen LogP contribution >= 0.6 is 0 Å². The van der Waals surface area contributed by atoms with E-state index < -0.39 is 30.8 Å². The zero-order valence-electron chi connectivity index (χ0n) is 12.2. The number of hydrogen-bond donors (Lipinski definition) is 2. The van der Waals surface area contributed by atoms with Gasteiger partial charge in [-0.25, -0.2) is 13.6 Å². The lowest BCUT2D eigenvalue weighted by molar-refractivity contribution is -0.144. The maximum atomic E-state index is 12.3. The summed E-state index contributed by atoms with van der Waals surface area (Å²) in [4.78, 5) is 23.0. The van der Waals surface area contributed by atoms with Crippen LogP contribution in [0.3, 0.4) is 0 Å². The van der Waals surface area contributed by atoms with Gasteiger partial charge in [-0.05, 0) is 30.6 Å². The van der Waals surface area contributed by atoms with E-state index in [-0.39, 0.29) is 11.3 Å². The first-order valence-electron chi connectivity index (χ1n) is 6.92. The Bertz CT molecular complexity index is 371. The topological polar surface area (TPSA) is 66.4 Å². The van der Waals surface area contributed by atoms with Gasteiger partial charge in [0, 0.05) is 12.3 Å². The van der Waals surface area contributed by atoms with Crippen LogP contribution in [0.15, 0.2) is 0 Å². The van der Waals surface area contributed by atoms with Crippen LogP contribution in [0.5, 0.6) is 0 Å². The van der Waals surface area contributed by atoms with Crippen LogP contribution in [-0.2, 0) is 9.59 Å². The number of carbonyl (C=O) groups excluding carboxylic acids is 1. The first-order valence-corrected chi connectivity index (χ1v) is 6.92. The first-order chi connectivity index (χ1) is 9.10. The van der Waals surface area contributed by atoms with Gasteiger partial charge >= 0.3 is 5.97 Å². The van der Waals surface area contributed by atoms with E-state index in [0.29, 0.717) is 18.8 Å². The number of alkyl halides is 2. The molecule has 0 radical (unpaired) electrons. The first kappa shape index (κ1) is 16.9. The summed E-state index contributed by atoms with van der Waals surface area (Å²) in [6.45, 7) is 6.18. The molecule has 1 amide bonds. The molecule has 0 spiro atoms. The van der Waals surface area contributed by atoms with Gasteiger partial charge < -0.3 is 10.4 Å². The maximum Gasteiger partial charge on any atom is 0.326 e. The fourth-order valence-corrected chi connectivity index (χ4v) is 3.24. The molecular formula is C14H23F2NO3. The molecule has 0 aromatic carbocycles. The van der Waals surface area contributed by atoms with Crippen molar-refractivity contribution in [3.8, 4) is 0 Å². The predicted molar refractivity (Wildman–Crippen MR) is 70.5 cm³/mol. The number of nitrogens with one attached hydrogen (secondary N) is 1. The van der Waals surface area contributed by atoms with Crippen molar-refractivity contribution in [2.75, 3.05) is 0 Å². The number of halogens is 2. The molecule has 1 fully saturated rings. The van der Waals surface area contributed by atoms with Crippen molar-refractivity contribution in [2.45, 2.75) is 58.9 Å². The monoisotopic (exact) mass is 291 g/mol. The molecule has 1 aliphatic rings. The zero-order chi connectivity index (χ0) is 15.5. The van der Waals surface area contributed by atoms with Crippen molar-refractivity contribution in [3.05, 3.63) is 0 Å². The van der Waals surface area contributed by atoms with E-state index in [9.17, 15) is 18.4 Å². The molecule has 0 bridgehead atoms. The van der Waals surface area contributed by atoms with Gasteiger partial charge in [-0.1, -0.05) is 20.8 Å². The fourth-order valence-electron chi connectivity index (χ4n) is 3.24. The van der Waals surface area contributed by atoms with E-state index in [0.717, 1.165) is 6.42 Å². The van der Waals surface area contributed by atoms with Crippen LogP contribution in [0.25, 0.3) is 0 Å². The van der Waals surface area contributed by atoms with Crippen molar-refractivity contribution in [1.82, 2.24) is 5.32 Å². The molecule has 0 aromatic heterocycles. The molecule has 6 heteroatoms. The quantitative estimate of drug-likeness (QED) is 0.818. The molecule has 3 atom stereocenters. The van der Waals surface area contributed by atoms with E-state index in [2.05, 4.69) is 26.1 Å². The van der Waals surface area contributed by atoms with Crippen molar-refractivity contribution in [1.29, 1.82) is 0 Å². The molecule has 1 rings (SSSR count). The average Bonchev–Trinajstić information content (AvgIpc) is 2.24. The number of carbonyl (C=O) groups is 2. The minimum Gasteiger partial charge on any atom is -0.480 e. The van der Waals surface area contributed by atoms with Gasteiger partial charge in [0.05, 0.1) is 0 Å². The predicted octanol–water partition coefficient (Wildman–Crippen LogP) is 2.67. The smallest absolute Gasteiger partial charge is 0.326 e. The van der Waals surface area contributed by atoms with Crippen LogP contribution in [0, 0.1) is 17.3 Å². The molecule has 0 aliphatic heterocycles. The van der Waals surface area contributed by atoms with Crippen molar-refractivity contribution in [2.24, 2.45) is 17.3 Å². The van der Waals surface area contributed by atoms with Crippen LogP contribution in [0.1, 0.15) is 46.5 Å². The Hall–Kier alpha value is -1.20. The third kappa shape index (κ3) is 5.06. The summed E-state index contributed by atoms with van der Waals surface area (Å²) in [6, 6.07) is -1.51. The average molecular weight is 291 g/mol. The molecular weight excluding hydrogens is 268 g/mol. The molecule has 116 valence electrons. The summed E-state index contributed by atoms with van der Waals surface area (Å²) in [6.07, 6.45) is -1.26. The van der Waals surface area contributed by atoms with Gasteiger partial charge in [0.1, 0.15) is 6.04 Å². The highest BCUT2D eigenvalue weighted by molar-refractivity contribution is 5.85. The van der Waals surface area contributed by atoms with Gasteiger partial charge in [-0.15, -0.1) is 0 Å². The van der Waals surface area contributed by atoms with E-state index in [1.807, 2.05) is 0 Å². The third-order valence-electron chi connectivity index (χ3n) is 3.79. The van der Waals surface area contributed by atoms with Crippen LogP contribution < -0.4 is 5.32 Å². The lowest BCUT2D eigenvalue weighted by Crippen LogP contribution is -2.46. The minimum atomic E-state index is -2.75. The lowest BCUT2D eigenvalue weighted by Gasteiger charge is -2.38. The number of hydrogen-bond acceptors (Lipinski definition) is 2. The maximum absolute atomic E-state index is 12.3. The molecule has 3 unspecified atom stereocenters. The van der Waals surface area contributed by atoms with E-state index in [4.69, 9.17) is 5.11 Å². The molecule has 0 heterocycles. The Balaban J connectivity index is 2.66. The Morgan fingerprint density at radius 2 is 1.95 bits per heavy atom. The van der Waals surface area contributed by atoms with Gasteiger partial charge in [-0.3, -0.25) is 4.79 Å². The number of carboxylic acids is 1. The van der Waals surface area contributed by atoms with Crippen LogP contribution in [-0.4, -0.2) is 29.5 Å². The summed E-state index contributed by atoms with van der Waals surface area (Å²) in [5.74, 6) is -1.76. The molecule has 2 N–H and O–H groups in total. The molecule has 0 aromatic rings. The van der Waals surface area contributed by atoms with Gasteiger partial charge in [0.25, 0.3) is 0 Å². The Labute approximate surface area is 117 Å². The van der Waals surface area contributed by atoms with Gasteiger partial charge in [0.2, 0.25) is 12.3 Å². The van der Waals surface area contributed by atoms with Crippen molar-refractivity contribution < 1.29 is 23.5 Å². The summed E-state index contributed by atoms with van der Waals surface area (Å²) >= 11 is 0. The zero-order valence-corrected chi connectivity index (χ0v) is 12.2. The van der Waals surface area contributed by atoms with Gasteiger partial charge in [-0.2, -0.15) is 0 Å². The third-order valence-corrected chi connectivity index (χ3v) is 3.79. The highest BCUT2D eigenvalue weighted by Crippen LogP contribution is 2.41. The largest absolute Gasteiger partial charge is 0.480 e. The Morgan fingerprint density at radius 3 is 2.40 bits per heavy atom. The fraction of sp³-hybridized carbons (Fsp3) is 0.857. The second kappa shape index (κ2) is 6.50. The Morgan fingerprint density at radius 1 is 1.35 bits per heavy atom.